The summed E-state index contributed by atoms with van der Waals surface area (Å²) in [5, 5.41) is 15.3. The number of carbonyl (C=O) groups is 1. The van der Waals surface area contributed by atoms with Gasteiger partial charge >= 0.3 is 66.9 Å². The molecular weight excluding hydrogens is 296 g/mol. The molecule has 0 radical (unpaired) electrons. The van der Waals surface area contributed by atoms with Crippen LogP contribution in [0.25, 0.3) is 0 Å². The van der Waals surface area contributed by atoms with Gasteiger partial charge in [-0.1, -0.05) is 0 Å². The van der Waals surface area contributed by atoms with E-state index in [1.165, 1.54) is 0 Å². The Balaban J connectivity index is -0.0000000358. The number of carboxylic acid groups (broad SMARTS) is 2. The average molecular weight is 302 g/mol. The molecule has 16 heavy (non-hydrogen) atoms. The van der Waals surface area contributed by atoms with Gasteiger partial charge in [-0.2, -0.15) is 0 Å². The van der Waals surface area contributed by atoms with Crippen molar-refractivity contribution < 1.29 is 113 Å². The Bertz CT molecular complexity index is 198. The van der Waals surface area contributed by atoms with Crippen LogP contribution in [0.1, 0.15) is 0 Å². The van der Waals surface area contributed by atoms with Crippen LogP contribution in [0.3, 0.4) is 0 Å². The molecule has 0 amide bonds. The minimum absolute atomic E-state index is 0. The monoisotopic (exact) mass is 302 g/mol. The summed E-state index contributed by atoms with van der Waals surface area (Å²) in [6, 6.07) is 0. The van der Waals surface area contributed by atoms with Crippen molar-refractivity contribution in [3.8, 4) is 0 Å². The summed E-state index contributed by atoms with van der Waals surface area (Å²) in [6.45, 7) is 0. The maximum absolute atomic E-state index is 8.88. The molecule has 15 heteroatoms. The van der Waals surface area contributed by atoms with E-state index < -0.39 is 21.8 Å². The van der Waals surface area contributed by atoms with Crippen LogP contribution in [-0.2, 0) is 9.13 Å². The van der Waals surface area contributed by atoms with E-state index in [1.807, 2.05) is 0 Å². The Labute approximate surface area is 133 Å². The Morgan fingerprint density at radius 2 is 0.938 bits per heavy atom. The number of rotatable bonds is 0. The summed E-state index contributed by atoms with van der Waals surface area (Å²) in [6.07, 6.45) is -2.08. The molecule has 0 atom stereocenters. The van der Waals surface area contributed by atoms with E-state index in [1.54, 1.807) is 0 Å². The molecule has 0 aromatic rings. The van der Waals surface area contributed by atoms with E-state index in [0.29, 0.717) is 0 Å². The summed E-state index contributed by atoms with van der Waals surface area (Å²) < 4.78 is 17.7. The zero-order valence-corrected chi connectivity index (χ0v) is 13.9. The van der Waals surface area contributed by atoms with Crippen LogP contribution in [0, 0.1) is 0 Å². The van der Waals surface area contributed by atoms with E-state index in [9.17, 15) is 0 Å². The van der Waals surface area contributed by atoms with E-state index in [0.717, 1.165) is 0 Å². The van der Waals surface area contributed by atoms with Crippen molar-refractivity contribution in [2.24, 2.45) is 0 Å². The molecule has 0 bridgehead atoms. The third-order valence-electron chi connectivity index (χ3n) is 0. The first-order valence-electron chi connectivity index (χ1n) is 2.18. The summed E-state index contributed by atoms with van der Waals surface area (Å²) in [7, 11) is -9.53. The molecule has 0 aromatic heterocycles. The predicted molar refractivity (Wildman–Crippen MR) is 34.3 cm³/mol. The second-order valence-corrected chi connectivity index (χ2v) is 3.28. The smallest absolute Gasteiger partial charge is 0.756 e. The minimum Gasteiger partial charge on any atom is -0.756 e. The summed E-state index contributed by atoms with van der Waals surface area (Å²) in [4.78, 5) is 52.9. The first-order chi connectivity index (χ1) is 5.73. The maximum atomic E-state index is 8.88. The molecule has 6 N–H and O–H groups in total. The molecule has 0 rings (SSSR count). The van der Waals surface area contributed by atoms with Gasteiger partial charge in [-0.25, -0.2) is 4.57 Å². The zero-order valence-electron chi connectivity index (χ0n) is 8.12. The van der Waals surface area contributed by atoms with Crippen molar-refractivity contribution in [2.75, 3.05) is 0 Å². The van der Waals surface area contributed by atoms with Crippen molar-refractivity contribution >= 4 is 21.8 Å². The van der Waals surface area contributed by atoms with E-state index >= 15 is 0 Å². The molecule has 0 aliphatic heterocycles. The van der Waals surface area contributed by atoms with E-state index in [2.05, 4.69) is 0 Å². The molecule has 0 fully saturated rings. The van der Waals surface area contributed by atoms with E-state index in [4.69, 9.17) is 53.5 Å². The third kappa shape index (κ3) is 1460. The number of hydrogen-bond acceptors (Lipinski definition) is 5. The minimum atomic E-state index is -4.89. The van der Waals surface area contributed by atoms with Crippen molar-refractivity contribution in [1.29, 1.82) is 0 Å². The second kappa shape index (κ2) is 14.6. The Hall–Kier alpha value is 1.49. The van der Waals surface area contributed by atoms with Gasteiger partial charge in [0.1, 0.15) is 0 Å². The molecule has 0 saturated heterocycles. The molecule has 0 saturated carbocycles. The number of phosphoric acid groups is 2. The van der Waals surface area contributed by atoms with Gasteiger partial charge in [0, 0.05) is 0 Å². The molecule has 0 aliphatic rings. The van der Waals surface area contributed by atoms with Crippen LogP contribution in [0.2, 0.25) is 0 Å². The van der Waals surface area contributed by atoms with Crippen LogP contribution in [0.5, 0.6) is 0 Å². The summed E-state index contributed by atoms with van der Waals surface area (Å²) in [5.74, 6) is 0. The zero-order chi connectivity index (χ0) is 12.6. The van der Waals surface area contributed by atoms with Gasteiger partial charge in [-0.3, -0.25) is 4.57 Å². The SMILES string of the molecule is O=C([O-])O.O=P(O)(O)O.O=P([O-])(O)O.[Na+].[Na+]. The predicted octanol–water partition coefficient (Wildman–Crippen LogP) is -9.59. The summed E-state index contributed by atoms with van der Waals surface area (Å²) >= 11 is 0. The van der Waals surface area contributed by atoms with Crippen molar-refractivity contribution in [3.05, 3.63) is 0 Å². The normalized spacial score (nSPS) is 8.88. The molecule has 0 aliphatic carbocycles. The van der Waals surface area contributed by atoms with Gasteiger partial charge in [0.15, 0.2) is 0 Å². The molecule has 0 unspecified atom stereocenters. The quantitative estimate of drug-likeness (QED) is 0.182. The average Bonchev–Trinajstić information content (AvgIpc) is 1.45. The topological polar surface area (TPSA) is 219 Å². The Kier molecular flexibility index (Phi) is 27.7. The van der Waals surface area contributed by atoms with Gasteiger partial charge < -0.3 is 44.4 Å². The first-order valence-corrected chi connectivity index (χ1v) is 5.28. The Morgan fingerprint density at radius 3 is 0.938 bits per heavy atom. The van der Waals surface area contributed by atoms with Crippen LogP contribution in [0.15, 0.2) is 0 Å². The van der Waals surface area contributed by atoms with Crippen molar-refractivity contribution in [1.82, 2.24) is 0 Å². The van der Waals surface area contributed by atoms with Crippen LogP contribution in [0.4, 0.5) is 4.79 Å². The molecule has 0 heterocycles. The maximum Gasteiger partial charge on any atom is 1.00 e. The van der Waals surface area contributed by atoms with Gasteiger partial charge in [-0.15, -0.1) is 0 Å². The summed E-state index contributed by atoms with van der Waals surface area (Å²) in [5.41, 5.74) is 0. The van der Waals surface area contributed by atoms with Crippen LogP contribution < -0.4 is 69.1 Å². The van der Waals surface area contributed by atoms with Gasteiger partial charge in [0.2, 0.25) is 6.16 Å². The molecular formula is CH6Na2O11P2. The van der Waals surface area contributed by atoms with Crippen molar-refractivity contribution in [2.45, 2.75) is 0 Å². The molecule has 0 spiro atoms. The van der Waals surface area contributed by atoms with Crippen molar-refractivity contribution in [3.63, 3.8) is 0 Å². The fraction of sp³-hybridized carbons (Fsp3) is 0. The molecule has 88 valence electrons. The van der Waals surface area contributed by atoms with Gasteiger partial charge in [0.25, 0.3) is 7.82 Å². The van der Waals surface area contributed by atoms with E-state index in [-0.39, 0.29) is 59.1 Å². The third-order valence-corrected chi connectivity index (χ3v) is 0. The standard InChI is InChI=1S/CH2O3.2Na.2H3O4P/c2-1(3)4;;;2*1-5(2,3)4/h(H2,2,3,4);;;2*(H3,1,2,3,4)/q;2*+1;;/p-2. The molecule has 0 aromatic carbocycles. The Morgan fingerprint density at radius 1 is 0.938 bits per heavy atom. The number of hydrogen-bond donors (Lipinski definition) is 6. The van der Waals surface area contributed by atoms with Crippen LogP contribution in [-0.4, -0.2) is 35.7 Å². The first kappa shape index (κ1) is 30.5. The van der Waals surface area contributed by atoms with Gasteiger partial charge in [0.05, 0.1) is 0 Å². The fourth-order valence-electron chi connectivity index (χ4n) is 0. The second-order valence-electron chi connectivity index (χ2n) is 1.27. The largest absolute Gasteiger partial charge is 1.00 e. The molecule has 11 nitrogen and oxygen atoms in total. The van der Waals surface area contributed by atoms with Gasteiger partial charge in [-0.05, 0) is 0 Å². The fourth-order valence-corrected chi connectivity index (χ4v) is 0. The van der Waals surface area contributed by atoms with Crippen LogP contribution >= 0.6 is 15.6 Å².